The topological polar surface area (TPSA) is 68.3 Å². The number of rotatable bonds is 0. The zero-order valence-corrected chi connectivity index (χ0v) is 10.2. The van der Waals surface area contributed by atoms with Crippen LogP contribution in [0.15, 0.2) is 42.5 Å². The van der Waals surface area contributed by atoms with Gasteiger partial charge >= 0.3 is 0 Å². The third kappa shape index (κ3) is 1.97. The van der Waals surface area contributed by atoms with E-state index in [0.29, 0.717) is 22.3 Å². The molecule has 2 aromatic rings. The molecule has 1 aliphatic carbocycles. The van der Waals surface area contributed by atoms with Crippen LogP contribution in [0.4, 0.5) is 0 Å². The lowest BCUT2D eigenvalue weighted by molar-refractivity contribution is 0.0979. The number of carbonyl (C=O) groups is 2. The first-order valence-electron chi connectivity index (χ1n) is 5.64. The molecule has 0 atom stereocenters. The number of aryl methyl sites for hydroxylation is 1. The molecule has 3 rings (SSSR count). The molecule has 0 unspecified atom stereocenters. The van der Waals surface area contributed by atoms with Gasteiger partial charge in [-0.05, 0) is 13.0 Å². The minimum Gasteiger partial charge on any atom is -0.289 e. The fourth-order valence-electron chi connectivity index (χ4n) is 2.21. The van der Waals surface area contributed by atoms with E-state index < -0.39 is 0 Å². The maximum absolute atomic E-state index is 12.3. The third-order valence-electron chi connectivity index (χ3n) is 3.08. The molecule has 0 radical (unpaired) electrons. The Labute approximate surface area is 109 Å². The molecular weight excluding hydrogens is 244 g/mol. The van der Waals surface area contributed by atoms with Gasteiger partial charge in [-0.15, -0.1) is 0 Å². The summed E-state index contributed by atoms with van der Waals surface area (Å²) in [4.78, 5) is 38.5. The van der Waals surface area contributed by atoms with Crippen LogP contribution in [0.25, 0.3) is 0 Å². The summed E-state index contributed by atoms with van der Waals surface area (Å²) in [5, 5.41) is 0. The van der Waals surface area contributed by atoms with Crippen LogP contribution in [0.5, 0.6) is 0 Å². The van der Waals surface area contributed by atoms with Crippen molar-refractivity contribution in [2.75, 3.05) is 0 Å². The third-order valence-corrected chi connectivity index (χ3v) is 3.08. The molecule has 19 heavy (non-hydrogen) atoms. The maximum atomic E-state index is 12.3. The van der Waals surface area contributed by atoms with Crippen molar-refractivity contribution in [2.45, 2.75) is 6.92 Å². The van der Waals surface area contributed by atoms with Gasteiger partial charge < -0.3 is 0 Å². The van der Waals surface area contributed by atoms with Gasteiger partial charge in [0.2, 0.25) is 0 Å². The van der Waals surface area contributed by atoms with E-state index in [1.165, 1.54) is 0 Å². The van der Waals surface area contributed by atoms with E-state index in [-0.39, 0.29) is 11.6 Å². The van der Waals surface area contributed by atoms with E-state index in [1.807, 2.05) is 13.0 Å². The lowest BCUT2D eigenvalue weighted by Crippen LogP contribution is -2.20. The number of ketones is 2. The van der Waals surface area contributed by atoms with E-state index >= 15 is 0 Å². The highest BCUT2D eigenvalue weighted by atomic mass is 16.7. The highest BCUT2D eigenvalue weighted by molar-refractivity contribution is 6.28. The molecule has 4 nitrogen and oxygen atoms in total. The highest BCUT2D eigenvalue weighted by Gasteiger charge is 2.28. The fourth-order valence-corrected chi connectivity index (χ4v) is 2.21. The summed E-state index contributed by atoms with van der Waals surface area (Å²) in [5.74, 6) is -0.117. The summed E-state index contributed by atoms with van der Waals surface area (Å²) < 4.78 is 0. The maximum Gasteiger partial charge on any atom is 0.194 e. The van der Waals surface area contributed by atoms with E-state index in [1.54, 1.807) is 36.4 Å². The molecule has 1 aliphatic rings. The van der Waals surface area contributed by atoms with Crippen LogP contribution in [0.2, 0.25) is 0 Å². The normalized spacial score (nSPS) is 12.1. The van der Waals surface area contributed by atoms with Crippen LogP contribution in [-0.4, -0.2) is 11.6 Å². The highest BCUT2D eigenvalue weighted by Crippen LogP contribution is 2.27. The predicted octanol–water partition coefficient (Wildman–Crippen LogP) is 2.84. The molecule has 0 heterocycles. The van der Waals surface area contributed by atoms with Crippen LogP contribution in [0, 0.1) is 16.9 Å². The molecule has 2 aromatic carbocycles. The molecule has 4 heteroatoms. The Morgan fingerprint density at radius 2 is 1.16 bits per heavy atom. The van der Waals surface area contributed by atoms with Crippen LogP contribution in [0.3, 0.4) is 0 Å². The second-order valence-electron chi connectivity index (χ2n) is 4.25. The lowest BCUT2D eigenvalue weighted by Gasteiger charge is -2.17. The molecule has 0 saturated heterocycles. The van der Waals surface area contributed by atoms with Gasteiger partial charge in [0.05, 0.1) is 0 Å². The van der Waals surface area contributed by atoms with Gasteiger partial charge in [-0.3, -0.25) is 9.59 Å². The van der Waals surface area contributed by atoms with Gasteiger partial charge in [0.1, 0.15) is 0 Å². The zero-order valence-electron chi connectivity index (χ0n) is 10.2. The van der Waals surface area contributed by atoms with E-state index in [2.05, 4.69) is 0 Å². The molecule has 0 aliphatic heterocycles. The molecule has 0 N–H and O–H groups in total. The van der Waals surface area contributed by atoms with E-state index in [4.69, 9.17) is 9.93 Å². The van der Waals surface area contributed by atoms with Gasteiger partial charge in [-0.1, -0.05) is 42.0 Å². The second kappa shape index (κ2) is 4.94. The second-order valence-corrected chi connectivity index (χ2v) is 4.25. The van der Waals surface area contributed by atoms with Crippen molar-refractivity contribution in [3.63, 3.8) is 0 Å². The molecule has 94 valence electrons. The average Bonchev–Trinajstić information content (AvgIpc) is 2.47. The minimum absolute atomic E-state index is 0.0566. The molecule has 0 bridgehead atoms. The Hall–Kier alpha value is -2.62. The number of carbonyl (C=O) groups excluding carboxylic acids is 2. The van der Waals surface area contributed by atoms with Gasteiger partial charge in [0, 0.05) is 32.2 Å². The van der Waals surface area contributed by atoms with Crippen molar-refractivity contribution in [2.24, 2.45) is 0 Å². The van der Waals surface area contributed by atoms with Crippen LogP contribution >= 0.6 is 0 Å². The SMILES string of the molecule is Cc1ccc2c(c1)C(=O)c1ccccc1C2=O.O=O. The molecule has 0 aromatic heterocycles. The summed E-state index contributed by atoms with van der Waals surface area (Å²) >= 11 is 0. The Bertz CT molecular complexity index is 674. The van der Waals surface area contributed by atoms with Crippen molar-refractivity contribution in [3.8, 4) is 0 Å². The van der Waals surface area contributed by atoms with Gasteiger partial charge in [-0.2, -0.15) is 0 Å². The quantitative estimate of drug-likeness (QED) is 0.618. The Kier molecular flexibility index (Phi) is 3.33. The van der Waals surface area contributed by atoms with Crippen LogP contribution in [0.1, 0.15) is 37.4 Å². The zero-order chi connectivity index (χ0) is 14.0. The monoisotopic (exact) mass is 254 g/mol. The molecule has 0 fully saturated rings. The van der Waals surface area contributed by atoms with Crippen molar-refractivity contribution >= 4 is 11.6 Å². The number of benzene rings is 2. The van der Waals surface area contributed by atoms with Gasteiger partial charge in [0.25, 0.3) is 0 Å². The number of hydrogen-bond acceptors (Lipinski definition) is 4. The van der Waals surface area contributed by atoms with Crippen molar-refractivity contribution in [3.05, 3.63) is 80.2 Å². The van der Waals surface area contributed by atoms with Crippen LogP contribution < -0.4 is 0 Å². The summed E-state index contributed by atoms with van der Waals surface area (Å²) in [6, 6.07) is 12.4. The predicted molar refractivity (Wildman–Crippen MR) is 71.2 cm³/mol. The van der Waals surface area contributed by atoms with Crippen LogP contribution in [-0.2, 0) is 0 Å². The standard InChI is InChI=1S/C15H10O2.O2/c1-9-6-7-12-13(8-9)15(17)11-5-3-2-4-10(11)14(12)16;1-2/h2-8H,1H3;. The van der Waals surface area contributed by atoms with Crippen molar-refractivity contribution in [1.82, 2.24) is 0 Å². The molecule has 0 spiro atoms. The lowest BCUT2D eigenvalue weighted by atomic mass is 9.83. The molecular formula is C15H10O4. The largest absolute Gasteiger partial charge is 0.289 e. The minimum atomic E-state index is -0.0600. The first-order valence-corrected chi connectivity index (χ1v) is 5.64. The molecule has 0 saturated carbocycles. The van der Waals surface area contributed by atoms with E-state index in [9.17, 15) is 9.59 Å². The van der Waals surface area contributed by atoms with E-state index in [0.717, 1.165) is 5.56 Å². The van der Waals surface area contributed by atoms with Crippen molar-refractivity contribution < 1.29 is 9.59 Å². The Balaban J connectivity index is 0.000000637. The summed E-state index contributed by atoms with van der Waals surface area (Å²) in [5.41, 5.74) is 3.04. The van der Waals surface area contributed by atoms with Gasteiger partial charge in [0.15, 0.2) is 11.6 Å². The first-order chi connectivity index (χ1) is 9.18. The summed E-state index contributed by atoms with van der Waals surface area (Å²) in [6.07, 6.45) is 0. The smallest absolute Gasteiger partial charge is 0.194 e. The Morgan fingerprint density at radius 3 is 1.74 bits per heavy atom. The number of fused-ring (bicyclic) bond motifs is 2. The van der Waals surface area contributed by atoms with Gasteiger partial charge in [-0.25, -0.2) is 0 Å². The van der Waals surface area contributed by atoms with Crippen molar-refractivity contribution in [1.29, 1.82) is 0 Å². The fraction of sp³-hybridized carbons (Fsp3) is 0.0667. The first kappa shape index (κ1) is 12.8. The summed E-state index contributed by atoms with van der Waals surface area (Å²) in [6.45, 7) is 1.92. The summed E-state index contributed by atoms with van der Waals surface area (Å²) in [7, 11) is 0. The molecule has 0 amide bonds. The Morgan fingerprint density at radius 1 is 0.684 bits per heavy atom. The average molecular weight is 254 g/mol. The number of hydrogen-bond donors (Lipinski definition) is 0.